The Kier molecular flexibility index (Phi) is 6.49. The van der Waals surface area contributed by atoms with Gasteiger partial charge < -0.3 is 20.8 Å². The third kappa shape index (κ3) is 5.13. The summed E-state index contributed by atoms with van der Waals surface area (Å²) in [7, 11) is 0. The molecule has 0 heterocycles. The number of benzene rings is 2. The van der Waals surface area contributed by atoms with E-state index in [4.69, 9.17) is 0 Å². The number of hydrogen-bond acceptors (Lipinski definition) is 4. The highest BCUT2D eigenvalue weighted by atomic mass is 16.4. The van der Waals surface area contributed by atoms with E-state index in [2.05, 4.69) is 10.6 Å². The third-order valence-electron chi connectivity index (χ3n) is 5.27. The van der Waals surface area contributed by atoms with E-state index in [1.807, 2.05) is 30.3 Å². The zero-order chi connectivity index (χ0) is 20.8. The molecule has 7 heteroatoms. The average Bonchev–Trinajstić information content (AvgIpc) is 2.73. The average molecular weight is 396 g/mol. The fraction of sp³-hybridized carbons (Fsp3) is 0.318. The molecule has 29 heavy (non-hydrogen) atoms. The van der Waals surface area contributed by atoms with Gasteiger partial charge in [0.15, 0.2) is 0 Å². The van der Waals surface area contributed by atoms with Crippen molar-refractivity contribution in [2.75, 3.05) is 10.6 Å². The summed E-state index contributed by atoms with van der Waals surface area (Å²) in [6.07, 6.45) is 2.57. The molecule has 1 fully saturated rings. The van der Waals surface area contributed by atoms with Crippen molar-refractivity contribution in [3.8, 4) is 0 Å². The van der Waals surface area contributed by atoms with Crippen LogP contribution in [0.15, 0.2) is 48.5 Å². The van der Waals surface area contributed by atoms with Crippen molar-refractivity contribution in [3.05, 3.63) is 59.7 Å². The Morgan fingerprint density at radius 2 is 1.59 bits per heavy atom. The number of nitrogens with one attached hydrogen (secondary N) is 2. The molecular weight excluding hydrogens is 372 g/mol. The minimum absolute atomic E-state index is 0.0454. The fourth-order valence-electron chi connectivity index (χ4n) is 3.69. The van der Waals surface area contributed by atoms with E-state index >= 15 is 0 Å². The first-order chi connectivity index (χ1) is 14.0. The van der Waals surface area contributed by atoms with Crippen molar-refractivity contribution in [3.63, 3.8) is 0 Å². The molecule has 2 aromatic carbocycles. The second kappa shape index (κ2) is 9.23. The van der Waals surface area contributed by atoms with Crippen LogP contribution in [0, 0.1) is 11.8 Å². The SMILES string of the molecule is O=C(O)c1ccc(NCc2ccccc2)c(NC(=O)[C@H]2CCCC[C@@H]2C(=O)O)c1. The van der Waals surface area contributed by atoms with Crippen LogP contribution in [0.25, 0.3) is 0 Å². The number of carbonyl (C=O) groups excluding carboxylic acids is 1. The first kappa shape index (κ1) is 20.4. The van der Waals surface area contributed by atoms with Gasteiger partial charge in [0.1, 0.15) is 0 Å². The van der Waals surface area contributed by atoms with E-state index in [0.717, 1.165) is 18.4 Å². The van der Waals surface area contributed by atoms with E-state index in [-0.39, 0.29) is 11.5 Å². The lowest BCUT2D eigenvalue weighted by Gasteiger charge is -2.27. The molecule has 0 radical (unpaired) electrons. The van der Waals surface area contributed by atoms with Gasteiger partial charge in [-0.05, 0) is 36.6 Å². The molecule has 1 aliphatic carbocycles. The van der Waals surface area contributed by atoms with Gasteiger partial charge in [-0.2, -0.15) is 0 Å². The van der Waals surface area contributed by atoms with Crippen molar-refractivity contribution >= 4 is 29.2 Å². The summed E-state index contributed by atoms with van der Waals surface area (Å²) < 4.78 is 0. The standard InChI is InChI=1S/C22H24N2O5/c25-20(16-8-4-5-9-17(16)22(28)29)24-19-12-15(21(26)27)10-11-18(19)23-13-14-6-2-1-3-7-14/h1-3,6-7,10-12,16-17,23H,4-5,8-9,13H2,(H,24,25)(H,26,27)(H,28,29)/t16-,17-/m0/s1. The fourth-order valence-corrected chi connectivity index (χ4v) is 3.69. The number of aromatic carboxylic acids is 1. The Morgan fingerprint density at radius 3 is 2.24 bits per heavy atom. The van der Waals surface area contributed by atoms with Crippen LogP contribution < -0.4 is 10.6 Å². The molecule has 0 unspecified atom stereocenters. The molecule has 0 spiro atoms. The second-order valence-electron chi connectivity index (χ2n) is 7.23. The van der Waals surface area contributed by atoms with Crippen molar-refractivity contribution in [1.29, 1.82) is 0 Å². The van der Waals surface area contributed by atoms with Gasteiger partial charge in [0.05, 0.1) is 28.8 Å². The van der Waals surface area contributed by atoms with Crippen molar-refractivity contribution < 1.29 is 24.6 Å². The van der Waals surface area contributed by atoms with Gasteiger partial charge in [-0.1, -0.05) is 43.2 Å². The lowest BCUT2D eigenvalue weighted by Crippen LogP contribution is -2.36. The maximum atomic E-state index is 12.8. The molecule has 1 amide bonds. The van der Waals surface area contributed by atoms with Crippen LogP contribution in [0.4, 0.5) is 11.4 Å². The number of amides is 1. The number of rotatable bonds is 7. The van der Waals surface area contributed by atoms with Gasteiger partial charge >= 0.3 is 11.9 Å². The van der Waals surface area contributed by atoms with E-state index in [0.29, 0.717) is 30.8 Å². The minimum atomic E-state index is -1.10. The number of aliphatic carboxylic acids is 1. The number of hydrogen-bond donors (Lipinski definition) is 4. The molecule has 2 aromatic rings. The maximum Gasteiger partial charge on any atom is 0.335 e. The van der Waals surface area contributed by atoms with Crippen molar-refractivity contribution in [2.24, 2.45) is 11.8 Å². The summed E-state index contributed by atoms with van der Waals surface area (Å²) in [6.45, 7) is 0.497. The second-order valence-corrected chi connectivity index (χ2v) is 7.23. The molecular formula is C22H24N2O5. The first-order valence-corrected chi connectivity index (χ1v) is 9.64. The summed E-state index contributed by atoms with van der Waals surface area (Å²) >= 11 is 0. The van der Waals surface area contributed by atoms with Crippen LogP contribution >= 0.6 is 0 Å². The largest absolute Gasteiger partial charge is 0.481 e. The smallest absolute Gasteiger partial charge is 0.335 e. The zero-order valence-electron chi connectivity index (χ0n) is 15.9. The van der Waals surface area contributed by atoms with Gasteiger partial charge in [0.25, 0.3) is 0 Å². The zero-order valence-corrected chi connectivity index (χ0v) is 15.9. The molecule has 1 aliphatic rings. The van der Waals surface area contributed by atoms with Gasteiger partial charge in [-0.25, -0.2) is 4.79 Å². The topological polar surface area (TPSA) is 116 Å². The Labute approximate surface area is 168 Å². The predicted molar refractivity (Wildman–Crippen MR) is 109 cm³/mol. The highest BCUT2D eigenvalue weighted by Crippen LogP contribution is 2.32. The predicted octanol–water partition coefficient (Wildman–Crippen LogP) is 3.83. The van der Waals surface area contributed by atoms with Crippen LogP contribution in [-0.4, -0.2) is 28.1 Å². The monoisotopic (exact) mass is 396 g/mol. The maximum absolute atomic E-state index is 12.8. The van der Waals surface area contributed by atoms with Crippen molar-refractivity contribution in [2.45, 2.75) is 32.2 Å². The quantitative estimate of drug-likeness (QED) is 0.565. The third-order valence-corrected chi connectivity index (χ3v) is 5.27. The number of anilines is 2. The Hall–Kier alpha value is -3.35. The molecule has 7 nitrogen and oxygen atoms in total. The van der Waals surface area contributed by atoms with Crippen LogP contribution in [-0.2, 0) is 16.1 Å². The molecule has 2 atom stereocenters. The lowest BCUT2D eigenvalue weighted by molar-refractivity contribution is -0.147. The van der Waals surface area contributed by atoms with Crippen LogP contribution in [0.3, 0.4) is 0 Å². The molecule has 0 aliphatic heterocycles. The molecule has 4 N–H and O–H groups in total. The van der Waals surface area contributed by atoms with Crippen LogP contribution in [0.1, 0.15) is 41.6 Å². The number of carboxylic acid groups (broad SMARTS) is 2. The molecule has 0 aromatic heterocycles. The lowest BCUT2D eigenvalue weighted by atomic mass is 9.78. The van der Waals surface area contributed by atoms with E-state index in [1.165, 1.54) is 12.1 Å². The highest BCUT2D eigenvalue weighted by Gasteiger charge is 2.36. The normalized spacial score (nSPS) is 18.6. The van der Waals surface area contributed by atoms with E-state index in [1.54, 1.807) is 6.07 Å². The van der Waals surface area contributed by atoms with Gasteiger partial charge in [0, 0.05) is 6.54 Å². The van der Waals surface area contributed by atoms with Crippen LogP contribution in [0.5, 0.6) is 0 Å². The summed E-state index contributed by atoms with van der Waals surface area (Å²) in [5, 5.41) is 24.7. The summed E-state index contributed by atoms with van der Waals surface area (Å²) in [4.78, 5) is 35.7. The molecule has 0 bridgehead atoms. The number of carboxylic acids is 2. The Balaban J connectivity index is 1.81. The Bertz CT molecular complexity index is 897. The molecule has 3 rings (SSSR count). The summed E-state index contributed by atoms with van der Waals surface area (Å²) in [6, 6.07) is 14.1. The molecule has 152 valence electrons. The summed E-state index contributed by atoms with van der Waals surface area (Å²) in [5.41, 5.74) is 1.99. The van der Waals surface area contributed by atoms with Gasteiger partial charge in [0.2, 0.25) is 5.91 Å². The molecule has 1 saturated carbocycles. The van der Waals surface area contributed by atoms with Crippen LogP contribution in [0.2, 0.25) is 0 Å². The number of carbonyl (C=O) groups is 3. The van der Waals surface area contributed by atoms with Gasteiger partial charge in [-0.3, -0.25) is 9.59 Å². The first-order valence-electron chi connectivity index (χ1n) is 9.64. The molecule has 0 saturated heterocycles. The van der Waals surface area contributed by atoms with Crippen molar-refractivity contribution in [1.82, 2.24) is 0 Å². The minimum Gasteiger partial charge on any atom is -0.481 e. The van der Waals surface area contributed by atoms with Gasteiger partial charge in [-0.15, -0.1) is 0 Å². The highest BCUT2D eigenvalue weighted by molar-refractivity contribution is 5.99. The van der Waals surface area contributed by atoms with E-state index < -0.39 is 23.8 Å². The Morgan fingerprint density at radius 1 is 0.897 bits per heavy atom. The summed E-state index contributed by atoms with van der Waals surface area (Å²) in [5.74, 6) is -3.80. The van der Waals surface area contributed by atoms with E-state index in [9.17, 15) is 24.6 Å².